The fraction of sp³-hybridized carbons (Fsp3) is 0.800. The Morgan fingerprint density at radius 3 is 2.71 bits per heavy atom. The summed E-state index contributed by atoms with van der Waals surface area (Å²) in [7, 11) is 0. The van der Waals surface area contributed by atoms with Crippen molar-refractivity contribution in [3.63, 3.8) is 0 Å². The summed E-state index contributed by atoms with van der Waals surface area (Å²) in [4.78, 5) is 16.4. The lowest BCUT2D eigenvalue weighted by atomic mass is 9.96. The first-order chi connectivity index (χ1) is 9.77. The van der Waals surface area contributed by atoms with Crippen molar-refractivity contribution in [2.75, 3.05) is 0 Å². The average molecular weight is 294 g/mol. The molecule has 1 aliphatic carbocycles. The van der Waals surface area contributed by atoms with E-state index in [4.69, 9.17) is 10.3 Å². The van der Waals surface area contributed by atoms with Crippen LogP contribution in [-0.4, -0.2) is 22.1 Å². The van der Waals surface area contributed by atoms with Gasteiger partial charge in [-0.1, -0.05) is 32.3 Å². The van der Waals surface area contributed by atoms with Crippen LogP contribution in [0.25, 0.3) is 0 Å². The van der Waals surface area contributed by atoms with Crippen molar-refractivity contribution < 1.29 is 9.32 Å². The highest BCUT2D eigenvalue weighted by molar-refractivity contribution is 5.76. The molecule has 6 nitrogen and oxygen atoms in total. The van der Waals surface area contributed by atoms with Crippen molar-refractivity contribution >= 4 is 5.91 Å². The van der Waals surface area contributed by atoms with Crippen LogP contribution in [0.3, 0.4) is 0 Å². The van der Waals surface area contributed by atoms with E-state index >= 15 is 0 Å². The lowest BCUT2D eigenvalue weighted by Crippen LogP contribution is -2.33. The maximum Gasteiger partial charge on any atom is 0.248 e. The number of rotatable bonds is 4. The topological polar surface area (TPSA) is 94.0 Å². The zero-order valence-electron chi connectivity index (χ0n) is 13.3. The summed E-state index contributed by atoms with van der Waals surface area (Å²) in [5, 5.41) is 6.89. The summed E-state index contributed by atoms with van der Waals surface area (Å²) in [5.74, 6) is 1.39. The van der Waals surface area contributed by atoms with E-state index in [1.807, 2.05) is 27.7 Å². The van der Waals surface area contributed by atoms with E-state index in [2.05, 4.69) is 15.5 Å². The predicted molar refractivity (Wildman–Crippen MR) is 79.5 cm³/mol. The largest absolute Gasteiger partial charge is 0.345 e. The monoisotopic (exact) mass is 294 g/mol. The first kappa shape index (κ1) is 15.9. The summed E-state index contributed by atoms with van der Waals surface area (Å²) < 4.78 is 5.24. The lowest BCUT2D eigenvalue weighted by Gasteiger charge is -2.16. The second-order valence-electron chi connectivity index (χ2n) is 7.05. The van der Waals surface area contributed by atoms with Gasteiger partial charge in [-0.15, -0.1) is 0 Å². The SMILES string of the molecule is CC(NC(=O)C[C@@H]1CCC[C@H]1N)c1nc(C(C)(C)C)no1. The normalized spacial score (nSPS) is 24.0. The van der Waals surface area contributed by atoms with Crippen LogP contribution in [0.2, 0.25) is 0 Å². The Balaban J connectivity index is 1.90. The standard InChI is InChI=1S/C15H26N4O2/c1-9(13-18-14(19-21-13)15(2,3)4)17-12(20)8-10-6-5-7-11(10)16/h9-11H,5-8,16H2,1-4H3,(H,17,20)/t9?,10-,11+/m0/s1. The van der Waals surface area contributed by atoms with E-state index in [1.165, 1.54) is 0 Å². The third-order valence-electron chi connectivity index (χ3n) is 4.03. The van der Waals surface area contributed by atoms with E-state index in [-0.39, 0.29) is 23.4 Å². The zero-order chi connectivity index (χ0) is 15.6. The van der Waals surface area contributed by atoms with Crippen molar-refractivity contribution in [3.05, 3.63) is 11.7 Å². The molecule has 0 radical (unpaired) electrons. The predicted octanol–water partition coefficient (Wildman–Crippen LogP) is 2.06. The van der Waals surface area contributed by atoms with Crippen LogP contribution in [0.4, 0.5) is 0 Å². The number of hydrogen-bond donors (Lipinski definition) is 2. The van der Waals surface area contributed by atoms with Crippen LogP contribution in [0.5, 0.6) is 0 Å². The second kappa shape index (κ2) is 6.13. The number of carbonyl (C=O) groups is 1. The van der Waals surface area contributed by atoms with Gasteiger partial charge in [-0.25, -0.2) is 0 Å². The number of nitrogens with one attached hydrogen (secondary N) is 1. The fourth-order valence-electron chi connectivity index (χ4n) is 2.63. The first-order valence-corrected chi connectivity index (χ1v) is 7.66. The maximum atomic E-state index is 12.1. The van der Waals surface area contributed by atoms with Crippen LogP contribution in [-0.2, 0) is 10.2 Å². The molecule has 1 saturated carbocycles. The maximum absolute atomic E-state index is 12.1. The molecule has 0 aliphatic heterocycles. The lowest BCUT2D eigenvalue weighted by molar-refractivity contribution is -0.122. The quantitative estimate of drug-likeness (QED) is 0.886. The second-order valence-corrected chi connectivity index (χ2v) is 7.05. The van der Waals surface area contributed by atoms with E-state index in [0.717, 1.165) is 19.3 Å². The Kier molecular flexibility index (Phi) is 4.66. The molecule has 1 unspecified atom stereocenters. The highest BCUT2D eigenvalue weighted by atomic mass is 16.5. The van der Waals surface area contributed by atoms with Crippen molar-refractivity contribution in [3.8, 4) is 0 Å². The zero-order valence-corrected chi connectivity index (χ0v) is 13.3. The highest BCUT2D eigenvalue weighted by Gasteiger charge is 2.28. The van der Waals surface area contributed by atoms with E-state index in [1.54, 1.807) is 0 Å². The van der Waals surface area contributed by atoms with Crippen LogP contribution in [0.1, 0.15) is 71.1 Å². The van der Waals surface area contributed by atoms with Gasteiger partial charge in [-0.2, -0.15) is 4.98 Å². The molecule has 1 fully saturated rings. The molecular weight excluding hydrogens is 268 g/mol. The molecule has 21 heavy (non-hydrogen) atoms. The molecule has 1 heterocycles. The van der Waals surface area contributed by atoms with Gasteiger partial charge in [-0.3, -0.25) is 4.79 Å². The summed E-state index contributed by atoms with van der Waals surface area (Å²) >= 11 is 0. The molecule has 3 atom stereocenters. The van der Waals surface area contributed by atoms with Gasteiger partial charge in [-0.05, 0) is 25.7 Å². The summed E-state index contributed by atoms with van der Waals surface area (Å²) in [5.41, 5.74) is 5.83. The minimum atomic E-state index is -0.279. The van der Waals surface area contributed by atoms with Gasteiger partial charge in [0.25, 0.3) is 0 Å². The molecule has 0 bridgehead atoms. The number of amides is 1. The molecule has 1 aliphatic rings. The number of hydrogen-bond acceptors (Lipinski definition) is 5. The van der Waals surface area contributed by atoms with Crippen molar-refractivity contribution in [2.24, 2.45) is 11.7 Å². The van der Waals surface area contributed by atoms with Crippen LogP contribution >= 0.6 is 0 Å². The molecular formula is C15H26N4O2. The smallest absolute Gasteiger partial charge is 0.248 e. The Bertz CT molecular complexity index is 492. The van der Waals surface area contributed by atoms with Gasteiger partial charge >= 0.3 is 0 Å². The first-order valence-electron chi connectivity index (χ1n) is 7.66. The van der Waals surface area contributed by atoms with E-state index in [0.29, 0.717) is 24.1 Å². The minimum Gasteiger partial charge on any atom is -0.345 e. The van der Waals surface area contributed by atoms with Gasteiger partial charge in [0.1, 0.15) is 6.04 Å². The Morgan fingerprint density at radius 2 is 2.19 bits per heavy atom. The van der Waals surface area contributed by atoms with E-state index < -0.39 is 0 Å². The van der Waals surface area contributed by atoms with Gasteiger partial charge in [0.15, 0.2) is 5.82 Å². The molecule has 1 amide bonds. The molecule has 1 aromatic rings. The van der Waals surface area contributed by atoms with Gasteiger partial charge in [0.2, 0.25) is 11.8 Å². The molecule has 0 spiro atoms. The van der Waals surface area contributed by atoms with Crippen molar-refractivity contribution in [1.29, 1.82) is 0 Å². The number of aromatic nitrogens is 2. The minimum absolute atomic E-state index is 0.000332. The molecule has 2 rings (SSSR count). The third kappa shape index (κ3) is 4.03. The molecule has 1 aromatic heterocycles. The molecule has 3 N–H and O–H groups in total. The third-order valence-corrected chi connectivity index (χ3v) is 4.03. The Labute approximate surface area is 125 Å². The number of carbonyl (C=O) groups excluding carboxylic acids is 1. The summed E-state index contributed by atoms with van der Waals surface area (Å²) in [6, 6.07) is -0.124. The van der Waals surface area contributed by atoms with Crippen molar-refractivity contribution in [1.82, 2.24) is 15.5 Å². The molecule has 118 valence electrons. The van der Waals surface area contributed by atoms with Crippen LogP contribution in [0.15, 0.2) is 4.52 Å². The van der Waals surface area contributed by atoms with E-state index in [9.17, 15) is 4.79 Å². The summed E-state index contributed by atoms with van der Waals surface area (Å²) in [6.45, 7) is 7.91. The Morgan fingerprint density at radius 1 is 1.48 bits per heavy atom. The number of nitrogens with zero attached hydrogens (tertiary/aromatic N) is 2. The van der Waals surface area contributed by atoms with Crippen LogP contribution in [0, 0.1) is 5.92 Å². The average Bonchev–Trinajstić information content (AvgIpc) is 2.98. The van der Waals surface area contributed by atoms with Crippen LogP contribution < -0.4 is 11.1 Å². The summed E-state index contributed by atoms with van der Waals surface area (Å²) in [6.07, 6.45) is 3.66. The van der Waals surface area contributed by atoms with Gasteiger partial charge in [0.05, 0.1) is 0 Å². The highest BCUT2D eigenvalue weighted by Crippen LogP contribution is 2.27. The molecule has 0 saturated heterocycles. The molecule has 6 heteroatoms. The van der Waals surface area contributed by atoms with Crippen molar-refractivity contribution in [2.45, 2.75) is 70.9 Å². The van der Waals surface area contributed by atoms with Gasteiger partial charge < -0.3 is 15.6 Å². The number of nitrogens with two attached hydrogens (primary N) is 1. The Hall–Kier alpha value is -1.43. The fourth-order valence-corrected chi connectivity index (χ4v) is 2.63. The van der Waals surface area contributed by atoms with Gasteiger partial charge in [0, 0.05) is 17.9 Å². The molecule has 0 aromatic carbocycles.